The second kappa shape index (κ2) is 8.17. The maximum Gasteiger partial charge on any atom is 0.260 e. The highest BCUT2D eigenvalue weighted by Crippen LogP contribution is 2.24. The van der Waals surface area contributed by atoms with Crippen LogP contribution < -0.4 is 10.5 Å². The molecule has 1 amide bonds. The highest BCUT2D eigenvalue weighted by atomic mass is 16.5. The molecule has 1 heterocycles. The minimum absolute atomic E-state index is 0.0398. The number of hydrogen-bond acceptors (Lipinski definition) is 3. The van der Waals surface area contributed by atoms with Crippen LogP contribution in [-0.4, -0.2) is 36.5 Å². The van der Waals surface area contributed by atoms with Crippen LogP contribution >= 0.6 is 0 Å². The molecule has 2 unspecified atom stereocenters. The van der Waals surface area contributed by atoms with Crippen LogP contribution in [0.15, 0.2) is 54.6 Å². The monoisotopic (exact) mass is 338 g/mol. The number of rotatable bonds is 6. The van der Waals surface area contributed by atoms with E-state index >= 15 is 0 Å². The summed E-state index contributed by atoms with van der Waals surface area (Å²) in [6.45, 7) is 3.53. The highest BCUT2D eigenvalue weighted by Gasteiger charge is 2.31. The molecule has 2 atom stereocenters. The quantitative estimate of drug-likeness (QED) is 0.881. The van der Waals surface area contributed by atoms with Crippen LogP contribution in [0, 0.1) is 5.92 Å². The van der Waals surface area contributed by atoms with Gasteiger partial charge in [0.1, 0.15) is 5.75 Å². The molecule has 2 aromatic carbocycles. The SMILES string of the molecule is CC1CC(CN)CN1C(=O)COc1ccccc1Cc1ccccc1. The number of benzene rings is 2. The molecule has 4 heteroatoms. The van der Waals surface area contributed by atoms with E-state index in [1.807, 2.05) is 41.3 Å². The first-order valence-electron chi connectivity index (χ1n) is 8.91. The predicted molar refractivity (Wildman–Crippen MR) is 99.5 cm³/mol. The molecule has 1 saturated heterocycles. The van der Waals surface area contributed by atoms with Crippen LogP contribution in [0.4, 0.5) is 0 Å². The Labute approximate surface area is 149 Å². The molecule has 25 heavy (non-hydrogen) atoms. The van der Waals surface area contributed by atoms with Crippen LogP contribution in [0.3, 0.4) is 0 Å². The van der Waals surface area contributed by atoms with Crippen molar-refractivity contribution in [2.45, 2.75) is 25.8 Å². The second-order valence-electron chi connectivity index (χ2n) is 6.79. The molecule has 1 aliphatic rings. The number of likely N-dealkylation sites (tertiary alicyclic amines) is 1. The first-order valence-corrected chi connectivity index (χ1v) is 8.91. The minimum Gasteiger partial charge on any atom is -0.483 e. The van der Waals surface area contributed by atoms with Crippen molar-refractivity contribution in [2.24, 2.45) is 11.7 Å². The number of carbonyl (C=O) groups excluding carboxylic acids is 1. The average Bonchev–Trinajstić information content (AvgIpc) is 3.02. The van der Waals surface area contributed by atoms with Crippen LogP contribution in [0.25, 0.3) is 0 Å². The van der Waals surface area contributed by atoms with Crippen LogP contribution in [0.2, 0.25) is 0 Å². The molecule has 0 bridgehead atoms. The summed E-state index contributed by atoms with van der Waals surface area (Å²) in [5.41, 5.74) is 8.07. The predicted octanol–water partition coefficient (Wildman–Crippen LogP) is 2.85. The van der Waals surface area contributed by atoms with Gasteiger partial charge >= 0.3 is 0 Å². The number of para-hydroxylation sites is 1. The average molecular weight is 338 g/mol. The molecule has 1 aliphatic heterocycles. The third-order valence-corrected chi connectivity index (χ3v) is 4.88. The number of hydrogen-bond donors (Lipinski definition) is 1. The summed E-state index contributed by atoms with van der Waals surface area (Å²) in [6.07, 6.45) is 1.77. The third-order valence-electron chi connectivity index (χ3n) is 4.88. The van der Waals surface area contributed by atoms with Crippen LogP contribution in [-0.2, 0) is 11.2 Å². The maximum atomic E-state index is 12.5. The van der Waals surface area contributed by atoms with E-state index in [4.69, 9.17) is 10.5 Å². The smallest absolute Gasteiger partial charge is 0.260 e. The molecule has 3 rings (SSSR count). The van der Waals surface area contributed by atoms with E-state index in [9.17, 15) is 4.79 Å². The number of amides is 1. The highest BCUT2D eigenvalue weighted by molar-refractivity contribution is 5.78. The van der Waals surface area contributed by atoms with Gasteiger partial charge in [-0.2, -0.15) is 0 Å². The number of ether oxygens (including phenoxy) is 1. The molecular weight excluding hydrogens is 312 g/mol. The summed E-state index contributed by atoms with van der Waals surface area (Å²) >= 11 is 0. The molecule has 1 fully saturated rings. The molecular formula is C21H26N2O2. The molecule has 2 N–H and O–H groups in total. The van der Waals surface area contributed by atoms with E-state index < -0.39 is 0 Å². The van der Waals surface area contributed by atoms with Crippen molar-refractivity contribution < 1.29 is 9.53 Å². The van der Waals surface area contributed by atoms with Gasteiger partial charge in [0.05, 0.1) is 0 Å². The Morgan fingerprint density at radius 2 is 1.88 bits per heavy atom. The fraction of sp³-hybridized carbons (Fsp3) is 0.381. The minimum atomic E-state index is 0.0398. The fourth-order valence-corrected chi connectivity index (χ4v) is 3.49. The van der Waals surface area contributed by atoms with Gasteiger partial charge in [-0.1, -0.05) is 48.5 Å². The van der Waals surface area contributed by atoms with Gasteiger partial charge in [-0.15, -0.1) is 0 Å². The summed E-state index contributed by atoms with van der Waals surface area (Å²) in [4.78, 5) is 14.4. The van der Waals surface area contributed by atoms with Crippen LogP contribution in [0.1, 0.15) is 24.5 Å². The number of nitrogens with zero attached hydrogens (tertiary/aromatic N) is 1. The normalized spacial score (nSPS) is 19.8. The molecule has 0 radical (unpaired) electrons. The van der Waals surface area contributed by atoms with Crippen molar-refractivity contribution in [1.82, 2.24) is 4.90 Å². The molecule has 0 aliphatic carbocycles. The zero-order chi connectivity index (χ0) is 17.6. The molecule has 132 valence electrons. The van der Waals surface area contributed by atoms with E-state index in [-0.39, 0.29) is 18.6 Å². The lowest BCUT2D eigenvalue weighted by Crippen LogP contribution is -2.37. The largest absolute Gasteiger partial charge is 0.483 e. The Bertz CT molecular complexity index is 702. The van der Waals surface area contributed by atoms with Gasteiger partial charge in [0.15, 0.2) is 6.61 Å². The van der Waals surface area contributed by atoms with Crippen molar-refractivity contribution in [3.63, 3.8) is 0 Å². The summed E-state index contributed by atoms with van der Waals surface area (Å²) < 4.78 is 5.88. The first kappa shape index (κ1) is 17.5. The van der Waals surface area contributed by atoms with E-state index in [0.29, 0.717) is 12.5 Å². The van der Waals surface area contributed by atoms with Crippen molar-refractivity contribution >= 4 is 5.91 Å². The molecule has 0 saturated carbocycles. The lowest BCUT2D eigenvalue weighted by Gasteiger charge is -2.22. The maximum absolute atomic E-state index is 12.5. The van der Waals surface area contributed by atoms with E-state index in [1.54, 1.807) is 0 Å². The Morgan fingerprint density at radius 3 is 2.60 bits per heavy atom. The zero-order valence-electron chi connectivity index (χ0n) is 14.7. The third kappa shape index (κ3) is 4.40. The summed E-state index contributed by atoms with van der Waals surface area (Å²) in [6, 6.07) is 18.4. The molecule has 4 nitrogen and oxygen atoms in total. The topological polar surface area (TPSA) is 55.6 Å². The Morgan fingerprint density at radius 1 is 1.16 bits per heavy atom. The van der Waals surface area contributed by atoms with Gasteiger partial charge in [-0.3, -0.25) is 4.79 Å². The van der Waals surface area contributed by atoms with Gasteiger partial charge in [0, 0.05) is 19.0 Å². The van der Waals surface area contributed by atoms with Gasteiger partial charge in [-0.25, -0.2) is 0 Å². The van der Waals surface area contributed by atoms with Crippen molar-refractivity contribution in [3.05, 3.63) is 65.7 Å². The van der Waals surface area contributed by atoms with Crippen molar-refractivity contribution in [1.29, 1.82) is 0 Å². The lowest BCUT2D eigenvalue weighted by molar-refractivity contribution is -0.134. The van der Waals surface area contributed by atoms with Gasteiger partial charge < -0.3 is 15.4 Å². The Hall–Kier alpha value is -2.33. The summed E-state index contributed by atoms with van der Waals surface area (Å²) in [5, 5.41) is 0. The lowest BCUT2D eigenvalue weighted by atomic mass is 10.0. The number of carbonyl (C=O) groups is 1. The van der Waals surface area contributed by atoms with Gasteiger partial charge in [0.25, 0.3) is 5.91 Å². The Kier molecular flexibility index (Phi) is 5.71. The molecule has 2 aromatic rings. The van der Waals surface area contributed by atoms with E-state index in [2.05, 4.69) is 25.1 Å². The second-order valence-corrected chi connectivity index (χ2v) is 6.79. The molecule has 0 spiro atoms. The van der Waals surface area contributed by atoms with Crippen molar-refractivity contribution in [2.75, 3.05) is 19.7 Å². The zero-order valence-corrected chi connectivity index (χ0v) is 14.7. The van der Waals surface area contributed by atoms with E-state index in [0.717, 1.165) is 30.7 Å². The standard InChI is InChI=1S/C21H26N2O2/c1-16-11-18(13-22)14-23(16)21(24)15-25-20-10-6-5-9-19(20)12-17-7-3-2-4-8-17/h2-10,16,18H,11-15,22H2,1H3. The van der Waals surface area contributed by atoms with Gasteiger partial charge in [-0.05, 0) is 43.0 Å². The van der Waals surface area contributed by atoms with Crippen molar-refractivity contribution in [3.8, 4) is 5.75 Å². The summed E-state index contributed by atoms with van der Waals surface area (Å²) in [7, 11) is 0. The van der Waals surface area contributed by atoms with E-state index in [1.165, 1.54) is 5.56 Å². The fourth-order valence-electron chi connectivity index (χ4n) is 3.49. The van der Waals surface area contributed by atoms with Gasteiger partial charge in [0.2, 0.25) is 0 Å². The molecule has 0 aromatic heterocycles. The summed E-state index contributed by atoms with van der Waals surface area (Å²) in [5.74, 6) is 1.23. The number of nitrogens with two attached hydrogens (primary N) is 1. The Balaban J connectivity index is 1.63. The first-order chi connectivity index (χ1) is 12.2. The van der Waals surface area contributed by atoms with Crippen LogP contribution in [0.5, 0.6) is 5.75 Å².